The zero-order chi connectivity index (χ0) is 13.0. The van der Waals surface area contributed by atoms with E-state index in [1.54, 1.807) is 23.0 Å². The van der Waals surface area contributed by atoms with Gasteiger partial charge in [-0.05, 0) is 25.1 Å². The van der Waals surface area contributed by atoms with Gasteiger partial charge in [0.1, 0.15) is 5.75 Å². The highest BCUT2D eigenvalue weighted by molar-refractivity contribution is 5.96. The van der Waals surface area contributed by atoms with E-state index in [0.717, 1.165) is 5.56 Å². The van der Waals surface area contributed by atoms with Gasteiger partial charge >= 0.3 is 0 Å². The summed E-state index contributed by atoms with van der Waals surface area (Å²) in [5.41, 5.74) is 1.24. The van der Waals surface area contributed by atoms with Crippen molar-refractivity contribution in [1.82, 2.24) is 15.1 Å². The second-order valence-electron chi connectivity index (χ2n) is 4.05. The van der Waals surface area contributed by atoms with Crippen LogP contribution in [0.25, 0.3) is 0 Å². The van der Waals surface area contributed by atoms with E-state index in [1.165, 1.54) is 6.07 Å². The van der Waals surface area contributed by atoms with Crippen LogP contribution < -0.4 is 5.32 Å². The van der Waals surface area contributed by atoms with Gasteiger partial charge in [0.25, 0.3) is 5.91 Å². The number of aromatic hydroxyl groups is 1. The van der Waals surface area contributed by atoms with Gasteiger partial charge in [0.15, 0.2) is 0 Å². The molecule has 0 saturated heterocycles. The molecule has 2 aromatic rings. The lowest BCUT2D eigenvalue weighted by Gasteiger charge is -2.07. The number of aromatic nitrogens is 2. The Morgan fingerprint density at radius 2 is 2.33 bits per heavy atom. The molecule has 0 spiro atoms. The lowest BCUT2D eigenvalue weighted by Crippen LogP contribution is -2.27. The summed E-state index contributed by atoms with van der Waals surface area (Å²) in [5, 5.41) is 16.4. The number of aryl methyl sites for hydroxylation is 1. The third kappa shape index (κ3) is 2.88. The minimum absolute atomic E-state index is 0.00260. The fourth-order valence-corrected chi connectivity index (χ4v) is 1.64. The van der Waals surface area contributed by atoms with Gasteiger partial charge in [0.2, 0.25) is 0 Å². The van der Waals surface area contributed by atoms with E-state index in [9.17, 15) is 9.90 Å². The van der Waals surface area contributed by atoms with Crippen molar-refractivity contribution in [1.29, 1.82) is 0 Å². The molecule has 1 aromatic carbocycles. The van der Waals surface area contributed by atoms with Crippen LogP contribution in [-0.4, -0.2) is 27.3 Å². The maximum absolute atomic E-state index is 11.8. The predicted molar refractivity (Wildman–Crippen MR) is 67.4 cm³/mol. The molecule has 0 radical (unpaired) electrons. The summed E-state index contributed by atoms with van der Waals surface area (Å²) in [6.45, 7) is 2.94. The van der Waals surface area contributed by atoms with Crippen LogP contribution in [0.5, 0.6) is 5.75 Å². The van der Waals surface area contributed by atoms with E-state index < -0.39 is 0 Å². The van der Waals surface area contributed by atoms with Crippen LogP contribution in [0.4, 0.5) is 0 Å². The monoisotopic (exact) mass is 245 g/mol. The number of phenols is 1. The van der Waals surface area contributed by atoms with Crippen LogP contribution in [0.3, 0.4) is 0 Å². The normalized spacial score (nSPS) is 10.3. The number of carbonyl (C=O) groups is 1. The molecule has 94 valence electrons. The Hall–Kier alpha value is -2.30. The highest BCUT2D eigenvalue weighted by Gasteiger charge is 2.10. The number of phenolic OH excluding ortho intramolecular Hbond substituents is 1. The zero-order valence-electron chi connectivity index (χ0n) is 10.1. The molecule has 0 aliphatic rings. The van der Waals surface area contributed by atoms with Gasteiger partial charge in [-0.1, -0.05) is 11.6 Å². The Kier molecular flexibility index (Phi) is 3.62. The first-order chi connectivity index (χ1) is 8.66. The number of amides is 1. The zero-order valence-corrected chi connectivity index (χ0v) is 10.1. The Morgan fingerprint density at radius 1 is 1.50 bits per heavy atom. The molecular weight excluding hydrogens is 230 g/mol. The van der Waals surface area contributed by atoms with Gasteiger partial charge < -0.3 is 10.4 Å². The molecule has 1 heterocycles. The third-order valence-electron chi connectivity index (χ3n) is 2.58. The topological polar surface area (TPSA) is 67.2 Å². The molecular formula is C13H15N3O2. The van der Waals surface area contributed by atoms with Crippen LogP contribution in [0.2, 0.25) is 0 Å². The minimum atomic E-state index is -0.275. The first-order valence-electron chi connectivity index (χ1n) is 5.72. The predicted octanol–water partition coefficient (Wildman–Crippen LogP) is 1.33. The van der Waals surface area contributed by atoms with Gasteiger partial charge in [-0.3, -0.25) is 9.48 Å². The van der Waals surface area contributed by atoms with E-state index in [0.29, 0.717) is 18.7 Å². The van der Waals surface area contributed by atoms with Crippen LogP contribution in [0, 0.1) is 6.92 Å². The number of rotatable bonds is 4. The first-order valence-corrected chi connectivity index (χ1v) is 5.72. The van der Waals surface area contributed by atoms with E-state index in [-0.39, 0.29) is 11.7 Å². The molecule has 0 aliphatic heterocycles. The number of carbonyl (C=O) groups excluding carboxylic acids is 1. The van der Waals surface area contributed by atoms with Crippen molar-refractivity contribution in [3.8, 4) is 5.75 Å². The quantitative estimate of drug-likeness (QED) is 0.853. The maximum Gasteiger partial charge on any atom is 0.255 e. The summed E-state index contributed by atoms with van der Waals surface area (Å²) in [5.74, 6) is -0.277. The number of nitrogens with one attached hydrogen (secondary N) is 1. The summed E-state index contributed by atoms with van der Waals surface area (Å²) < 4.78 is 1.73. The Morgan fingerprint density at radius 3 is 3.06 bits per heavy atom. The van der Waals surface area contributed by atoms with Crippen LogP contribution in [0.15, 0.2) is 36.7 Å². The van der Waals surface area contributed by atoms with Crippen molar-refractivity contribution in [3.63, 3.8) is 0 Å². The molecule has 1 aromatic heterocycles. The second kappa shape index (κ2) is 5.35. The average Bonchev–Trinajstić information content (AvgIpc) is 2.85. The van der Waals surface area contributed by atoms with Crippen molar-refractivity contribution in [2.75, 3.05) is 6.54 Å². The standard InChI is InChI=1S/C13H15N3O2/c1-10-3-4-12(17)11(9-10)13(18)14-6-8-16-7-2-5-15-16/h2-5,7,9,17H,6,8H2,1H3,(H,14,18). The fraction of sp³-hybridized carbons (Fsp3) is 0.231. The summed E-state index contributed by atoms with van der Waals surface area (Å²) in [6, 6.07) is 6.78. The van der Waals surface area contributed by atoms with E-state index >= 15 is 0 Å². The van der Waals surface area contributed by atoms with Gasteiger partial charge in [0, 0.05) is 18.9 Å². The molecule has 2 N–H and O–H groups in total. The molecule has 0 bridgehead atoms. The van der Waals surface area contributed by atoms with E-state index in [4.69, 9.17) is 0 Å². The molecule has 5 heteroatoms. The summed E-state index contributed by atoms with van der Waals surface area (Å²) in [6.07, 6.45) is 3.52. The van der Waals surface area contributed by atoms with Crippen molar-refractivity contribution in [2.45, 2.75) is 13.5 Å². The van der Waals surface area contributed by atoms with E-state index in [2.05, 4.69) is 10.4 Å². The molecule has 0 aliphatic carbocycles. The van der Waals surface area contributed by atoms with Crippen LogP contribution in [0.1, 0.15) is 15.9 Å². The summed E-state index contributed by atoms with van der Waals surface area (Å²) in [7, 11) is 0. The maximum atomic E-state index is 11.8. The van der Waals surface area contributed by atoms with Gasteiger partial charge in [0.05, 0.1) is 12.1 Å². The average molecular weight is 245 g/mol. The second-order valence-corrected chi connectivity index (χ2v) is 4.05. The number of nitrogens with zero attached hydrogens (tertiary/aromatic N) is 2. The van der Waals surface area contributed by atoms with Crippen LogP contribution in [-0.2, 0) is 6.54 Å². The number of hydrogen-bond donors (Lipinski definition) is 2. The SMILES string of the molecule is Cc1ccc(O)c(C(=O)NCCn2cccn2)c1. The smallest absolute Gasteiger partial charge is 0.255 e. The van der Waals surface area contributed by atoms with Gasteiger partial charge in [-0.2, -0.15) is 5.10 Å². The van der Waals surface area contributed by atoms with E-state index in [1.807, 2.05) is 19.2 Å². The summed E-state index contributed by atoms with van der Waals surface area (Å²) in [4.78, 5) is 11.8. The molecule has 0 unspecified atom stereocenters. The lowest BCUT2D eigenvalue weighted by atomic mass is 10.1. The lowest BCUT2D eigenvalue weighted by molar-refractivity contribution is 0.0949. The number of benzene rings is 1. The first kappa shape index (κ1) is 12.2. The largest absolute Gasteiger partial charge is 0.507 e. The number of hydrogen-bond acceptors (Lipinski definition) is 3. The Labute approximate surface area is 105 Å². The fourth-order valence-electron chi connectivity index (χ4n) is 1.64. The third-order valence-corrected chi connectivity index (χ3v) is 2.58. The highest BCUT2D eigenvalue weighted by Crippen LogP contribution is 2.17. The molecule has 0 atom stereocenters. The van der Waals surface area contributed by atoms with Crippen molar-refractivity contribution in [3.05, 3.63) is 47.8 Å². The van der Waals surface area contributed by atoms with Crippen LogP contribution >= 0.6 is 0 Å². The Balaban J connectivity index is 1.93. The van der Waals surface area contributed by atoms with Crippen molar-refractivity contribution >= 4 is 5.91 Å². The van der Waals surface area contributed by atoms with Gasteiger partial charge in [-0.25, -0.2) is 0 Å². The minimum Gasteiger partial charge on any atom is -0.507 e. The Bertz CT molecular complexity index is 535. The molecule has 0 fully saturated rings. The van der Waals surface area contributed by atoms with Crippen molar-refractivity contribution < 1.29 is 9.90 Å². The van der Waals surface area contributed by atoms with Gasteiger partial charge in [-0.15, -0.1) is 0 Å². The summed E-state index contributed by atoms with van der Waals surface area (Å²) >= 11 is 0. The molecule has 5 nitrogen and oxygen atoms in total. The highest BCUT2D eigenvalue weighted by atomic mass is 16.3. The molecule has 1 amide bonds. The molecule has 2 rings (SSSR count). The molecule has 18 heavy (non-hydrogen) atoms. The molecule has 0 saturated carbocycles. The van der Waals surface area contributed by atoms with Crippen molar-refractivity contribution in [2.24, 2.45) is 0 Å².